The van der Waals surface area contributed by atoms with Crippen LogP contribution in [-0.4, -0.2) is 63.7 Å². The third-order valence-corrected chi connectivity index (χ3v) is 7.11. The van der Waals surface area contributed by atoms with Crippen molar-refractivity contribution in [3.05, 3.63) is 12.2 Å². The number of hydrogen-bond donors (Lipinski definition) is 0. The molecule has 1 saturated heterocycles. The minimum Gasteiger partial charge on any atom is -0.379 e. The van der Waals surface area contributed by atoms with E-state index in [9.17, 15) is 0 Å². The SMILES string of the molecule is CCCCCC/C=C\CCCCCCCCCCC(CN1CCCCC1)OCCOCCOCC. The summed E-state index contributed by atoms with van der Waals surface area (Å²) in [5, 5.41) is 0. The number of likely N-dealkylation sites (tertiary alicyclic amines) is 1. The van der Waals surface area contributed by atoms with Crippen molar-refractivity contribution in [2.45, 2.75) is 136 Å². The average Bonchev–Trinajstić information content (AvgIpc) is 2.88. The van der Waals surface area contributed by atoms with Gasteiger partial charge >= 0.3 is 0 Å². The first kappa shape index (κ1) is 32.6. The van der Waals surface area contributed by atoms with Gasteiger partial charge in [-0.2, -0.15) is 0 Å². The Morgan fingerprint density at radius 3 is 1.86 bits per heavy atom. The van der Waals surface area contributed by atoms with Crippen LogP contribution < -0.4 is 0 Å². The maximum atomic E-state index is 6.26. The molecule has 1 heterocycles. The number of allylic oxidation sites excluding steroid dienone is 2. The van der Waals surface area contributed by atoms with Crippen molar-refractivity contribution in [3.63, 3.8) is 0 Å². The largest absolute Gasteiger partial charge is 0.379 e. The minimum atomic E-state index is 0.364. The van der Waals surface area contributed by atoms with Gasteiger partial charge in [0, 0.05) is 13.2 Å². The van der Waals surface area contributed by atoms with E-state index in [2.05, 4.69) is 24.0 Å². The predicted molar refractivity (Wildman–Crippen MR) is 151 cm³/mol. The number of unbranched alkanes of at least 4 members (excludes halogenated alkanes) is 12. The van der Waals surface area contributed by atoms with Crippen molar-refractivity contribution in [1.82, 2.24) is 4.90 Å². The van der Waals surface area contributed by atoms with Crippen LogP contribution in [0.1, 0.15) is 129 Å². The van der Waals surface area contributed by atoms with Gasteiger partial charge < -0.3 is 19.1 Å². The van der Waals surface area contributed by atoms with Crippen molar-refractivity contribution < 1.29 is 14.2 Å². The Balaban J connectivity index is 2.00. The summed E-state index contributed by atoms with van der Waals surface area (Å²) in [6.07, 6.45) is 29.6. The summed E-state index contributed by atoms with van der Waals surface area (Å²) in [5.74, 6) is 0. The highest BCUT2D eigenvalue weighted by Crippen LogP contribution is 2.16. The van der Waals surface area contributed by atoms with Gasteiger partial charge in [0.2, 0.25) is 0 Å². The number of rotatable bonds is 26. The van der Waals surface area contributed by atoms with Crippen LogP contribution >= 0.6 is 0 Å². The minimum absolute atomic E-state index is 0.364. The van der Waals surface area contributed by atoms with Crippen molar-refractivity contribution in [2.24, 2.45) is 0 Å². The monoisotopic (exact) mass is 495 g/mol. The zero-order valence-electron chi connectivity index (χ0n) is 23.8. The average molecular weight is 496 g/mol. The van der Waals surface area contributed by atoms with Crippen LogP contribution in [0.25, 0.3) is 0 Å². The van der Waals surface area contributed by atoms with Crippen molar-refractivity contribution in [1.29, 1.82) is 0 Å². The number of nitrogens with zero attached hydrogens (tertiary/aromatic N) is 1. The maximum Gasteiger partial charge on any atom is 0.0704 e. The summed E-state index contributed by atoms with van der Waals surface area (Å²) in [5.41, 5.74) is 0. The summed E-state index contributed by atoms with van der Waals surface area (Å²) in [6.45, 7) is 11.4. The van der Waals surface area contributed by atoms with Gasteiger partial charge in [-0.3, -0.25) is 0 Å². The topological polar surface area (TPSA) is 30.9 Å². The molecule has 1 rings (SSSR count). The van der Waals surface area contributed by atoms with Crippen LogP contribution in [0.3, 0.4) is 0 Å². The molecule has 208 valence electrons. The van der Waals surface area contributed by atoms with Crippen LogP contribution in [0.2, 0.25) is 0 Å². The van der Waals surface area contributed by atoms with Gasteiger partial charge in [0.1, 0.15) is 0 Å². The Kier molecular flexibility index (Phi) is 24.8. The molecule has 0 spiro atoms. The molecule has 1 aliphatic rings. The molecule has 0 amide bonds. The lowest BCUT2D eigenvalue weighted by Gasteiger charge is -2.30. The summed E-state index contributed by atoms with van der Waals surface area (Å²) < 4.78 is 17.2. The van der Waals surface area contributed by atoms with E-state index in [1.165, 1.54) is 129 Å². The maximum absolute atomic E-state index is 6.26. The predicted octanol–water partition coefficient (Wildman–Crippen LogP) is 8.34. The molecular formula is C31H61NO3. The fourth-order valence-corrected chi connectivity index (χ4v) is 4.91. The fourth-order valence-electron chi connectivity index (χ4n) is 4.91. The second-order valence-corrected chi connectivity index (χ2v) is 10.4. The van der Waals surface area contributed by atoms with Gasteiger partial charge in [0.15, 0.2) is 0 Å². The van der Waals surface area contributed by atoms with Crippen LogP contribution in [0.15, 0.2) is 12.2 Å². The van der Waals surface area contributed by atoms with E-state index in [0.29, 0.717) is 32.5 Å². The highest BCUT2D eigenvalue weighted by atomic mass is 16.5. The summed E-state index contributed by atoms with van der Waals surface area (Å²) in [6, 6.07) is 0. The normalized spacial score (nSPS) is 15.8. The van der Waals surface area contributed by atoms with Crippen LogP contribution in [0.4, 0.5) is 0 Å². The lowest BCUT2D eigenvalue weighted by Crippen LogP contribution is -2.38. The molecule has 0 aromatic carbocycles. The fraction of sp³-hybridized carbons (Fsp3) is 0.935. The van der Waals surface area contributed by atoms with E-state index in [1.54, 1.807) is 0 Å². The Hall–Kier alpha value is -0.420. The molecule has 1 atom stereocenters. The molecule has 1 unspecified atom stereocenters. The summed E-state index contributed by atoms with van der Waals surface area (Å²) in [7, 11) is 0. The van der Waals surface area contributed by atoms with E-state index in [1.807, 2.05) is 6.92 Å². The first-order valence-corrected chi connectivity index (χ1v) is 15.5. The molecule has 0 N–H and O–H groups in total. The van der Waals surface area contributed by atoms with E-state index >= 15 is 0 Å². The zero-order chi connectivity index (χ0) is 25.1. The standard InChI is InChI=1S/C31H61NO3/c1-3-5-6-7-8-9-10-11-12-13-14-15-16-17-18-20-23-31(30-32-24-21-19-22-25-32)35-29-28-34-27-26-33-4-2/h9-10,31H,3-8,11-30H2,1-2H3/b10-9-. The Bertz CT molecular complexity index is 437. The smallest absolute Gasteiger partial charge is 0.0704 e. The molecule has 0 aromatic heterocycles. The molecule has 0 aliphatic carbocycles. The Morgan fingerprint density at radius 1 is 0.629 bits per heavy atom. The Labute approximate surface area is 219 Å². The first-order chi connectivity index (χ1) is 17.4. The quantitative estimate of drug-likeness (QED) is 0.0891. The lowest BCUT2D eigenvalue weighted by molar-refractivity contribution is -0.0258. The second-order valence-electron chi connectivity index (χ2n) is 10.4. The van der Waals surface area contributed by atoms with E-state index in [4.69, 9.17) is 14.2 Å². The number of hydrogen-bond acceptors (Lipinski definition) is 4. The van der Waals surface area contributed by atoms with Gasteiger partial charge in [-0.25, -0.2) is 0 Å². The highest BCUT2D eigenvalue weighted by Gasteiger charge is 2.16. The van der Waals surface area contributed by atoms with Gasteiger partial charge in [-0.15, -0.1) is 0 Å². The lowest BCUT2D eigenvalue weighted by atomic mass is 10.0. The molecule has 0 saturated carbocycles. The van der Waals surface area contributed by atoms with Gasteiger partial charge in [0.05, 0.1) is 32.5 Å². The van der Waals surface area contributed by atoms with Gasteiger partial charge in [-0.1, -0.05) is 89.7 Å². The molecule has 1 aliphatic heterocycles. The van der Waals surface area contributed by atoms with Crippen LogP contribution in [0.5, 0.6) is 0 Å². The van der Waals surface area contributed by atoms with E-state index in [-0.39, 0.29) is 0 Å². The third-order valence-electron chi connectivity index (χ3n) is 7.11. The van der Waals surface area contributed by atoms with Gasteiger partial charge in [0.25, 0.3) is 0 Å². The van der Waals surface area contributed by atoms with Crippen LogP contribution in [0, 0.1) is 0 Å². The van der Waals surface area contributed by atoms with Crippen molar-refractivity contribution in [2.75, 3.05) is 52.7 Å². The molecule has 35 heavy (non-hydrogen) atoms. The molecule has 4 nitrogen and oxygen atoms in total. The van der Waals surface area contributed by atoms with E-state index < -0.39 is 0 Å². The van der Waals surface area contributed by atoms with Crippen molar-refractivity contribution >= 4 is 0 Å². The molecule has 0 radical (unpaired) electrons. The molecule has 0 aromatic rings. The Morgan fingerprint density at radius 2 is 1.20 bits per heavy atom. The summed E-state index contributed by atoms with van der Waals surface area (Å²) in [4.78, 5) is 2.62. The molecule has 4 heteroatoms. The number of ether oxygens (including phenoxy) is 3. The first-order valence-electron chi connectivity index (χ1n) is 15.5. The van der Waals surface area contributed by atoms with Crippen LogP contribution in [-0.2, 0) is 14.2 Å². The summed E-state index contributed by atoms with van der Waals surface area (Å²) >= 11 is 0. The second kappa shape index (κ2) is 26.6. The van der Waals surface area contributed by atoms with E-state index in [0.717, 1.165) is 13.2 Å². The highest BCUT2D eigenvalue weighted by molar-refractivity contribution is 4.81. The third kappa shape index (κ3) is 22.5. The van der Waals surface area contributed by atoms with Crippen molar-refractivity contribution in [3.8, 4) is 0 Å². The molecule has 0 bridgehead atoms. The zero-order valence-corrected chi connectivity index (χ0v) is 23.8. The number of piperidine rings is 1. The molecule has 1 fully saturated rings. The molecular weight excluding hydrogens is 434 g/mol. The van der Waals surface area contributed by atoms with Gasteiger partial charge in [-0.05, 0) is 65.0 Å².